The molecule has 0 aliphatic heterocycles. The molecule has 0 saturated heterocycles. The molecule has 5 nitrogen and oxygen atoms in total. The fourth-order valence-corrected chi connectivity index (χ4v) is 3.06. The predicted molar refractivity (Wildman–Crippen MR) is 116 cm³/mol. The summed E-state index contributed by atoms with van der Waals surface area (Å²) in [7, 11) is 1.61. The first kappa shape index (κ1) is 22.5. The molecule has 29 heavy (non-hydrogen) atoms. The molecule has 0 spiro atoms. The second-order valence-electron chi connectivity index (χ2n) is 8.26. The van der Waals surface area contributed by atoms with Crippen LogP contribution in [0.1, 0.15) is 38.8 Å². The molecule has 1 unspecified atom stereocenters. The second kappa shape index (κ2) is 10.1. The Balaban J connectivity index is 2.14. The Kier molecular flexibility index (Phi) is 7.82. The van der Waals surface area contributed by atoms with Crippen molar-refractivity contribution < 1.29 is 14.3 Å². The van der Waals surface area contributed by atoms with Crippen molar-refractivity contribution in [2.75, 3.05) is 13.7 Å². The third-order valence-corrected chi connectivity index (χ3v) is 4.66. The maximum Gasteiger partial charge on any atom is 0.242 e. The van der Waals surface area contributed by atoms with E-state index >= 15 is 0 Å². The molecule has 1 atom stereocenters. The van der Waals surface area contributed by atoms with Crippen molar-refractivity contribution in [3.05, 3.63) is 65.7 Å². The van der Waals surface area contributed by atoms with Crippen molar-refractivity contribution in [1.29, 1.82) is 0 Å². The van der Waals surface area contributed by atoms with Crippen molar-refractivity contribution in [2.45, 2.75) is 52.1 Å². The summed E-state index contributed by atoms with van der Waals surface area (Å²) >= 11 is 0. The monoisotopic (exact) mass is 396 g/mol. The van der Waals surface area contributed by atoms with Gasteiger partial charge in [0.05, 0.1) is 13.5 Å². The van der Waals surface area contributed by atoms with E-state index in [1.807, 2.05) is 75.4 Å². The lowest BCUT2D eigenvalue weighted by Gasteiger charge is -2.31. The Labute approximate surface area is 174 Å². The zero-order valence-corrected chi connectivity index (χ0v) is 18.1. The van der Waals surface area contributed by atoms with Crippen molar-refractivity contribution >= 4 is 11.8 Å². The Morgan fingerprint density at radius 3 is 2.17 bits per heavy atom. The van der Waals surface area contributed by atoms with E-state index < -0.39 is 6.04 Å². The van der Waals surface area contributed by atoms with Crippen molar-refractivity contribution in [3.8, 4) is 5.75 Å². The summed E-state index contributed by atoms with van der Waals surface area (Å²) < 4.78 is 5.18. The number of nitrogens with one attached hydrogen (secondary N) is 1. The number of carbonyl (C=O) groups is 2. The summed E-state index contributed by atoms with van der Waals surface area (Å²) in [5.74, 6) is 0.538. The number of rotatable bonds is 8. The summed E-state index contributed by atoms with van der Waals surface area (Å²) in [6.45, 7) is 8.08. The van der Waals surface area contributed by atoms with E-state index in [-0.39, 0.29) is 23.8 Å². The maximum atomic E-state index is 13.1. The number of benzene rings is 2. The summed E-state index contributed by atoms with van der Waals surface area (Å²) in [4.78, 5) is 27.5. The van der Waals surface area contributed by atoms with E-state index in [1.165, 1.54) is 0 Å². The van der Waals surface area contributed by atoms with Crippen LogP contribution in [0.2, 0.25) is 0 Å². The fraction of sp³-hybridized carbons (Fsp3) is 0.417. The van der Waals surface area contributed by atoms with Gasteiger partial charge in [-0.25, -0.2) is 0 Å². The Morgan fingerprint density at radius 1 is 1.00 bits per heavy atom. The van der Waals surface area contributed by atoms with Gasteiger partial charge < -0.3 is 15.0 Å². The highest BCUT2D eigenvalue weighted by molar-refractivity contribution is 5.88. The third kappa shape index (κ3) is 7.26. The predicted octanol–water partition coefficient (Wildman–Crippen LogP) is 3.61. The van der Waals surface area contributed by atoms with Gasteiger partial charge in [-0.05, 0) is 57.4 Å². The van der Waals surface area contributed by atoms with E-state index in [2.05, 4.69) is 5.32 Å². The third-order valence-electron chi connectivity index (χ3n) is 4.66. The molecule has 0 aliphatic rings. The van der Waals surface area contributed by atoms with E-state index in [0.717, 1.165) is 16.9 Å². The van der Waals surface area contributed by atoms with Crippen molar-refractivity contribution in [1.82, 2.24) is 10.2 Å². The highest BCUT2D eigenvalue weighted by atomic mass is 16.5. The molecule has 0 aromatic heterocycles. The molecule has 2 amide bonds. The Morgan fingerprint density at radius 2 is 1.62 bits per heavy atom. The number of nitrogens with zero attached hydrogens (tertiary/aromatic N) is 1. The zero-order valence-electron chi connectivity index (χ0n) is 18.1. The minimum absolute atomic E-state index is 0.0670. The molecule has 0 saturated carbocycles. The van der Waals surface area contributed by atoms with E-state index in [1.54, 1.807) is 18.9 Å². The summed E-state index contributed by atoms with van der Waals surface area (Å²) in [6.07, 6.45) is 0.939. The zero-order chi connectivity index (χ0) is 21.4. The summed E-state index contributed by atoms with van der Waals surface area (Å²) in [5, 5.41) is 2.98. The average molecular weight is 397 g/mol. The molecule has 1 N–H and O–H groups in total. The highest BCUT2D eigenvalue weighted by Crippen LogP contribution is 2.14. The van der Waals surface area contributed by atoms with Crippen LogP contribution in [0.25, 0.3) is 0 Å². The molecular formula is C24H32N2O3. The van der Waals surface area contributed by atoms with Crippen molar-refractivity contribution in [3.63, 3.8) is 0 Å². The summed E-state index contributed by atoms with van der Waals surface area (Å²) in [5.41, 5.74) is 1.68. The SMILES string of the molecule is COc1ccc(CC(=O)N(CCc2ccccc2)C(C)C(=O)NC(C)(C)C)cc1. The van der Waals surface area contributed by atoms with Crippen LogP contribution < -0.4 is 10.1 Å². The number of amides is 2. The number of hydrogen-bond donors (Lipinski definition) is 1. The lowest BCUT2D eigenvalue weighted by atomic mass is 10.1. The van der Waals surface area contributed by atoms with Crippen LogP contribution in [0.3, 0.4) is 0 Å². The molecule has 0 aliphatic carbocycles. The van der Waals surface area contributed by atoms with Gasteiger partial charge in [0, 0.05) is 12.1 Å². The molecule has 0 bridgehead atoms. The lowest BCUT2D eigenvalue weighted by Crippen LogP contribution is -2.53. The first-order valence-electron chi connectivity index (χ1n) is 9.98. The van der Waals surface area contributed by atoms with E-state index in [4.69, 9.17) is 4.74 Å². The molecule has 2 aromatic carbocycles. The van der Waals surface area contributed by atoms with Gasteiger partial charge in [0.15, 0.2) is 0 Å². The van der Waals surface area contributed by atoms with Gasteiger partial charge in [0.2, 0.25) is 11.8 Å². The lowest BCUT2D eigenvalue weighted by molar-refractivity contribution is -0.140. The number of carbonyl (C=O) groups excluding carboxylic acids is 2. The van der Waals surface area contributed by atoms with Crippen LogP contribution in [0.15, 0.2) is 54.6 Å². The molecule has 2 aromatic rings. The highest BCUT2D eigenvalue weighted by Gasteiger charge is 2.28. The molecular weight excluding hydrogens is 364 g/mol. The maximum absolute atomic E-state index is 13.1. The topological polar surface area (TPSA) is 58.6 Å². The van der Waals surface area contributed by atoms with Gasteiger partial charge in [0.25, 0.3) is 0 Å². The van der Waals surface area contributed by atoms with Crippen molar-refractivity contribution in [2.24, 2.45) is 0 Å². The number of hydrogen-bond acceptors (Lipinski definition) is 3. The Hall–Kier alpha value is -2.82. The van der Waals surface area contributed by atoms with Crippen LogP contribution in [-0.4, -0.2) is 41.9 Å². The molecule has 156 valence electrons. The van der Waals surface area contributed by atoms with Gasteiger partial charge >= 0.3 is 0 Å². The first-order valence-corrected chi connectivity index (χ1v) is 9.98. The first-order chi connectivity index (χ1) is 13.7. The van der Waals surface area contributed by atoms with Gasteiger partial charge in [-0.3, -0.25) is 9.59 Å². The summed E-state index contributed by atoms with van der Waals surface area (Å²) in [6, 6.07) is 16.9. The van der Waals surface area contributed by atoms with Crippen LogP contribution in [0.5, 0.6) is 5.75 Å². The molecule has 5 heteroatoms. The van der Waals surface area contributed by atoms with Gasteiger partial charge in [-0.15, -0.1) is 0 Å². The fourth-order valence-electron chi connectivity index (χ4n) is 3.06. The van der Waals surface area contributed by atoms with E-state index in [9.17, 15) is 9.59 Å². The molecule has 0 heterocycles. The van der Waals surface area contributed by atoms with E-state index in [0.29, 0.717) is 13.0 Å². The van der Waals surface area contributed by atoms with Gasteiger partial charge in [0.1, 0.15) is 11.8 Å². The smallest absolute Gasteiger partial charge is 0.242 e. The quantitative estimate of drug-likeness (QED) is 0.742. The number of ether oxygens (including phenoxy) is 1. The van der Waals surface area contributed by atoms with Gasteiger partial charge in [-0.1, -0.05) is 42.5 Å². The number of methoxy groups -OCH3 is 1. The largest absolute Gasteiger partial charge is 0.497 e. The standard InChI is InChI=1S/C24H32N2O3/c1-18(23(28)25-24(2,3)4)26(16-15-19-9-7-6-8-10-19)22(27)17-20-11-13-21(29-5)14-12-20/h6-14,18H,15-17H2,1-5H3,(H,25,28). The van der Waals surface area contributed by atoms with Crippen LogP contribution in [-0.2, 0) is 22.4 Å². The second-order valence-corrected chi connectivity index (χ2v) is 8.26. The molecule has 0 radical (unpaired) electrons. The van der Waals surface area contributed by atoms with Crippen LogP contribution in [0, 0.1) is 0 Å². The minimum atomic E-state index is -0.552. The molecule has 2 rings (SSSR count). The molecule has 0 fully saturated rings. The van der Waals surface area contributed by atoms with Crippen LogP contribution in [0.4, 0.5) is 0 Å². The average Bonchev–Trinajstić information content (AvgIpc) is 2.68. The van der Waals surface area contributed by atoms with Gasteiger partial charge in [-0.2, -0.15) is 0 Å². The van der Waals surface area contributed by atoms with Crippen LogP contribution >= 0.6 is 0 Å². The normalized spacial score (nSPS) is 12.2. The minimum Gasteiger partial charge on any atom is -0.497 e. The Bertz CT molecular complexity index is 795.